The summed E-state index contributed by atoms with van der Waals surface area (Å²) < 4.78 is 10.6. The Morgan fingerprint density at radius 2 is 1.93 bits per heavy atom. The highest BCUT2D eigenvalue weighted by Crippen LogP contribution is 2.05. The Kier molecular flexibility index (Phi) is 10.9. The molecular weight excluding hydrogens is 180 g/mol. The molecule has 0 radical (unpaired) electrons. The van der Waals surface area contributed by atoms with Crippen molar-refractivity contribution in [1.82, 2.24) is 0 Å². The Morgan fingerprint density at radius 1 is 1.14 bits per heavy atom. The van der Waals surface area contributed by atoms with Crippen molar-refractivity contribution in [3.05, 3.63) is 0 Å². The molecule has 0 saturated heterocycles. The van der Waals surface area contributed by atoms with Crippen LogP contribution in [-0.2, 0) is 9.47 Å². The van der Waals surface area contributed by atoms with Crippen molar-refractivity contribution < 1.29 is 14.6 Å². The van der Waals surface area contributed by atoms with E-state index in [0.29, 0.717) is 25.9 Å². The summed E-state index contributed by atoms with van der Waals surface area (Å²) in [6.07, 6.45) is 5.25. The van der Waals surface area contributed by atoms with Gasteiger partial charge in [0.05, 0.1) is 32.5 Å². The highest BCUT2D eigenvalue weighted by Gasteiger charge is 2.00. The second-order valence-corrected chi connectivity index (χ2v) is 3.51. The van der Waals surface area contributed by atoms with E-state index in [-0.39, 0.29) is 6.61 Å². The number of rotatable bonds is 10. The summed E-state index contributed by atoms with van der Waals surface area (Å²) in [7, 11) is 0. The first-order valence-corrected chi connectivity index (χ1v) is 5.61. The van der Waals surface area contributed by atoms with Crippen LogP contribution in [0.25, 0.3) is 0 Å². The topological polar surface area (TPSA) is 38.7 Å². The van der Waals surface area contributed by atoms with E-state index in [4.69, 9.17) is 14.6 Å². The van der Waals surface area contributed by atoms with Crippen LogP contribution in [0.15, 0.2) is 0 Å². The van der Waals surface area contributed by atoms with Crippen LogP contribution >= 0.6 is 0 Å². The first kappa shape index (κ1) is 13.9. The van der Waals surface area contributed by atoms with Gasteiger partial charge in [-0.2, -0.15) is 0 Å². The second kappa shape index (κ2) is 11.0. The average molecular weight is 204 g/mol. The molecule has 0 aromatic heterocycles. The second-order valence-electron chi connectivity index (χ2n) is 3.51. The van der Waals surface area contributed by atoms with Gasteiger partial charge in [0.1, 0.15) is 0 Å². The third-order valence-electron chi connectivity index (χ3n) is 2.08. The van der Waals surface area contributed by atoms with Crippen LogP contribution in [0, 0.1) is 0 Å². The fraction of sp³-hybridized carbons (Fsp3) is 1.00. The van der Waals surface area contributed by atoms with Crippen molar-refractivity contribution in [2.45, 2.75) is 45.6 Å². The van der Waals surface area contributed by atoms with Crippen molar-refractivity contribution in [3.8, 4) is 0 Å². The van der Waals surface area contributed by atoms with E-state index in [2.05, 4.69) is 13.8 Å². The van der Waals surface area contributed by atoms with Crippen molar-refractivity contribution in [1.29, 1.82) is 0 Å². The number of aliphatic hydroxyl groups is 1. The lowest BCUT2D eigenvalue weighted by Gasteiger charge is -2.12. The van der Waals surface area contributed by atoms with Gasteiger partial charge in [-0.3, -0.25) is 0 Å². The molecule has 0 spiro atoms. The quantitative estimate of drug-likeness (QED) is 0.553. The van der Waals surface area contributed by atoms with Crippen LogP contribution < -0.4 is 0 Å². The zero-order valence-corrected chi connectivity index (χ0v) is 9.50. The Balaban J connectivity index is 3.06. The van der Waals surface area contributed by atoms with Crippen LogP contribution in [-0.4, -0.2) is 37.6 Å². The minimum absolute atomic E-state index is 0.0893. The van der Waals surface area contributed by atoms with Gasteiger partial charge in [-0.05, 0) is 13.3 Å². The minimum atomic E-state index is 0.0893. The highest BCUT2D eigenvalue weighted by atomic mass is 16.5. The van der Waals surface area contributed by atoms with Gasteiger partial charge in [-0.15, -0.1) is 0 Å². The lowest BCUT2D eigenvalue weighted by molar-refractivity contribution is 0.000820. The molecule has 1 unspecified atom stereocenters. The van der Waals surface area contributed by atoms with E-state index in [0.717, 1.165) is 6.42 Å². The molecule has 0 bridgehead atoms. The van der Waals surface area contributed by atoms with Crippen molar-refractivity contribution in [2.24, 2.45) is 0 Å². The normalized spacial score (nSPS) is 13.1. The molecule has 0 rings (SSSR count). The third-order valence-corrected chi connectivity index (χ3v) is 2.08. The predicted octanol–water partition coefficient (Wildman–Crippen LogP) is 1.98. The van der Waals surface area contributed by atoms with Gasteiger partial charge >= 0.3 is 0 Å². The first-order chi connectivity index (χ1) is 6.81. The summed E-state index contributed by atoms with van der Waals surface area (Å²) in [6, 6.07) is 0. The number of ether oxygens (including phenoxy) is 2. The minimum Gasteiger partial charge on any atom is -0.394 e. The van der Waals surface area contributed by atoms with Gasteiger partial charge in [-0.1, -0.05) is 26.2 Å². The number of aliphatic hydroxyl groups excluding tert-OH is 1. The van der Waals surface area contributed by atoms with Gasteiger partial charge in [0, 0.05) is 0 Å². The lowest BCUT2D eigenvalue weighted by Crippen LogP contribution is -2.13. The van der Waals surface area contributed by atoms with E-state index in [1.54, 1.807) is 0 Å². The van der Waals surface area contributed by atoms with E-state index in [9.17, 15) is 0 Å². The fourth-order valence-corrected chi connectivity index (χ4v) is 1.24. The van der Waals surface area contributed by atoms with Crippen molar-refractivity contribution in [3.63, 3.8) is 0 Å². The van der Waals surface area contributed by atoms with Crippen LogP contribution in [0.2, 0.25) is 0 Å². The molecule has 0 aliphatic heterocycles. The van der Waals surface area contributed by atoms with E-state index in [1.165, 1.54) is 19.3 Å². The summed E-state index contributed by atoms with van der Waals surface area (Å²) in [4.78, 5) is 0. The molecule has 1 atom stereocenters. The van der Waals surface area contributed by atoms with Crippen LogP contribution in [0.4, 0.5) is 0 Å². The predicted molar refractivity (Wildman–Crippen MR) is 57.5 cm³/mol. The highest BCUT2D eigenvalue weighted by molar-refractivity contribution is 4.50. The maximum Gasteiger partial charge on any atom is 0.0704 e. The Hall–Kier alpha value is -0.120. The smallest absolute Gasteiger partial charge is 0.0704 e. The molecule has 1 N–H and O–H groups in total. The van der Waals surface area contributed by atoms with E-state index < -0.39 is 0 Å². The molecule has 3 heteroatoms. The zero-order chi connectivity index (χ0) is 10.6. The summed E-state index contributed by atoms with van der Waals surface area (Å²) in [5.74, 6) is 0. The Bertz CT molecular complexity index is 107. The molecule has 3 nitrogen and oxygen atoms in total. The standard InChI is InChI=1S/C11H24O3/c1-3-4-5-6-11(2)14-10-9-13-8-7-12/h11-12H,3-10H2,1-2H3. The summed E-state index contributed by atoms with van der Waals surface area (Å²) in [6.45, 7) is 6.02. The third kappa shape index (κ3) is 9.96. The van der Waals surface area contributed by atoms with Crippen LogP contribution in [0.1, 0.15) is 39.5 Å². The SMILES string of the molecule is CCCCCC(C)OCCOCCO. The monoisotopic (exact) mass is 204 g/mol. The summed E-state index contributed by atoms with van der Waals surface area (Å²) >= 11 is 0. The Labute approximate surface area is 87.4 Å². The van der Waals surface area contributed by atoms with Crippen LogP contribution in [0.3, 0.4) is 0 Å². The first-order valence-electron chi connectivity index (χ1n) is 5.61. The van der Waals surface area contributed by atoms with Gasteiger partial charge < -0.3 is 14.6 Å². The molecule has 0 saturated carbocycles. The molecule has 0 aromatic carbocycles. The number of hydrogen-bond acceptors (Lipinski definition) is 3. The lowest BCUT2D eigenvalue weighted by atomic mass is 10.1. The van der Waals surface area contributed by atoms with Gasteiger partial charge in [0.15, 0.2) is 0 Å². The van der Waals surface area contributed by atoms with Gasteiger partial charge in [-0.25, -0.2) is 0 Å². The molecular formula is C11H24O3. The number of hydrogen-bond donors (Lipinski definition) is 1. The van der Waals surface area contributed by atoms with Crippen LogP contribution in [0.5, 0.6) is 0 Å². The molecule has 86 valence electrons. The summed E-state index contributed by atoms with van der Waals surface area (Å²) in [5, 5.41) is 8.45. The molecule has 0 fully saturated rings. The van der Waals surface area contributed by atoms with Crippen molar-refractivity contribution >= 4 is 0 Å². The molecule has 0 aliphatic carbocycles. The van der Waals surface area contributed by atoms with Gasteiger partial charge in [0.2, 0.25) is 0 Å². The zero-order valence-electron chi connectivity index (χ0n) is 9.50. The fourth-order valence-electron chi connectivity index (χ4n) is 1.24. The molecule has 0 amide bonds. The maximum absolute atomic E-state index is 8.45. The molecule has 14 heavy (non-hydrogen) atoms. The maximum atomic E-state index is 8.45. The van der Waals surface area contributed by atoms with Crippen molar-refractivity contribution in [2.75, 3.05) is 26.4 Å². The largest absolute Gasteiger partial charge is 0.394 e. The number of unbranched alkanes of at least 4 members (excludes halogenated alkanes) is 2. The molecule has 0 aliphatic rings. The molecule has 0 aromatic rings. The molecule has 0 heterocycles. The average Bonchev–Trinajstić information content (AvgIpc) is 2.18. The summed E-state index contributed by atoms with van der Waals surface area (Å²) in [5.41, 5.74) is 0. The van der Waals surface area contributed by atoms with E-state index in [1.807, 2.05) is 0 Å². The van der Waals surface area contributed by atoms with E-state index >= 15 is 0 Å². The van der Waals surface area contributed by atoms with Gasteiger partial charge in [0.25, 0.3) is 0 Å². The Morgan fingerprint density at radius 3 is 2.57 bits per heavy atom.